The van der Waals surface area contributed by atoms with Crippen LogP contribution in [0.4, 0.5) is 0 Å². The van der Waals surface area contributed by atoms with Gasteiger partial charge >= 0.3 is 5.97 Å². The van der Waals surface area contributed by atoms with Crippen LogP contribution in [0.15, 0.2) is 36.9 Å². The van der Waals surface area contributed by atoms with Gasteiger partial charge in [0, 0.05) is 20.0 Å². The lowest BCUT2D eigenvalue weighted by Crippen LogP contribution is -2.41. The molecule has 0 saturated carbocycles. The first-order valence-corrected chi connectivity index (χ1v) is 11.5. The van der Waals surface area contributed by atoms with Gasteiger partial charge < -0.3 is 9.16 Å². The molecule has 0 N–H and O–H groups in total. The standard InChI is InChI=1S/C20H32O3Si/c1-8-19(23-16(2)21)15-18-12-10-9-11-17(18)13-14-22-24(6,7)20(3,4)5/h8-12,19H,1,13-15H2,2-7H3. The molecular formula is C20H32O3Si. The van der Waals surface area contributed by atoms with E-state index in [1.165, 1.54) is 18.1 Å². The number of hydrogen-bond donors (Lipinski definition) is 0. The predicted molar refractivity (Wildman–Crippen MR) is 103 cm³/mol. The van der Waals surface area contributed by atoms with Gasteiger partial charge in [-0.05, 0) is 35.7 Å². The molecule has 24 heavy (non-hydrogen) atoms. The maximum absolute atomic E-state index is 11.2. The highest BCUT2D eigenvalue weighted by Gasteiger charge is 2.36. The summed E-state index contributed by atoms with van der Waals surface area (Å²) in [5.41, 5.74) is 2.43. The molecule has 0 aliphatic rings. The molecule has 0 aromatic heterocycles. The van der Waals surface area contributed by atoms with Crippen LogP contribution >= 0.6 is 0 Å². The van der Waals surface area contributed by atoms with Crippen molar-refractivity contribution >= 4 is 14.3 Å². The van der Waals surface area contributed by atoms with Gasteiger partial charge in [-0.15, -0.1) is 0 Å². The highest BCUT2D eigenvalue weighted by Crippen LogP contribution is 2.36. The summed E-state index contributed by atoms with van der Waals surface area (Å²) in [6.45, 7) is 17.2. The van der Waals surface area contributed by atoms with Crippen molar-refractivity contribution in [3.8, 4) is 0 Å². The van der Waals surface area contributed by atoms with Crippen LogP contribution in [0, 0.1) is 0 Å². The van der Waals surface area contributed by atoms with Gasteiger partial charge in [-0.25, -0.2) is 0 Å². The molecule has 0 aliphatic heterocycles. The molecule has 0 bridgehead atoms. The van der Waals surface area contributed by atoms with Gasteiger partial charge in [-0.3, -0.25) is 4.79 Å². The van der Waals surface area contributed by atoms with E-state index in [2.05, 4.69) is 52.6 Å². The number of carbonyl (C=O) groups is 1. The minimum Gasteiger partial charge on any atom is -0.458 e. The van der Waals surface area contributed by atoms with Crippen LogP contribution in [0.25, 0.3) is 0 Å². The maximum atomic E-state index is 11.2. The summed E-state index contributed by atoms with van der Waals surface area (Å²) in [6, 6.07) is 8.27. The van der Waals surface area contributed by atoms with Gasteiger partial charge in [0.1, 0.15) is 6.10 Å². The van der Waals surface area contributed by atoms with E-state index in [-0.39, 0.29) is 17.1 Å². The van der Waals surface area contributed by atoms with Crippen LogP contribution in [0.2, 0.25) is 18.1 Å². The van der Waals surface area contributed by atoms with Crippen LogP contribution < -0.4 is 0 Å². The summed E-state index contributed by atoms with van der Waals surface area (Å²) in [7, 11) is -1.72. The zero-order valence-electron chi connectivity index (χ0n) is 16.0. The van der Waals surface area contributed by atoms with E-state index in [1.54, 1.807) is 6.08 Å². The van der Waals surface area contributed by atoms with Crippen molar-refractivity contribution in [2.75, 3.05) is 6.61 Å². The second-order valence-electron chi connectivity index (χ2n) is 7.72. The Hall–Kier alpha value is -1.39. The molecule has 0 amide bonds. The zero-order valence-corrected chi connectivity index (χ0v) is 17.0. The Morgan fingerprint density at radius 3 is 2.33 bits per heavy atom. The highest BCUT2D eigenvalue weighted by molar-refractivity contribution is 6.74. The first-order valence-electron chi connectivity index (χ1n) is 8.57. The van der Waals surface area contributed by atoms with E-state index >= 15 is 0 Å². The Morgan fingerprint density at radius 2 is 1.83 bits per heavy atom. The van der Waals surface area contributed by atoms with Crippen molar-refractivity contribution in [2.45, 2.75) is 64.8 Å². The van der Waals surface area contributed by atoms with Crippen LogP contribution in [-0.4, -0.2) is 27.0 Å². The van der Waals surface area contributed by atoms with Crippen molar-refractivity contribution in [3.63, 3.8) is 0 Å². The molecule has 1 atom stereocenters. The molecule has 4 heteroatoms. The SMILES string of the molecule is C=CC(Cc1ccccc1CCO[Si](C)(C)C(C)(C)C)OC(C)=O. The molecule has 3 nitrogen and oxygen atoms in total. The van der Waals surface area contributed by atoms with E-state index in [0.717, 1.165) is 13.0 Å². The fourth-order valence-electron chi connectivity index (χ4n) is 2.24. The molecular weight excluding hydrogens is 316 g/mol. The van der Waals surface area contributed by atoms with Crippen LogP contribution in [0.5, 0.6) is 0 Å². The minimum atomic E-state index is -1.72. The molecule has 0 spiro atoms. The van der Waals surface area contributed by atoms with Crippen LogP contribution in [0.3, 0.4) is 0 Å². The van der Waals surface area contributed by atoms with Gasteiger partial charge in [0.05, 0.1) is 0 Å². The molecule has 0 saturated heterocycles. The fraction of sp³-hybridized carbons (Fsp3) is 0.550. The lowest BCUT2D eigenvalue weighted by atomic mass is 9.99. The number of rotatable bonds is 8. The summed E-state index contributed by atoms with van der Waals surface area (Å²) in [6.07, 6.45) is 2.92. The molecule has 0 heterocycles. The van der Waals surface area contributed by atoms with Gasteiger partial charge in [-0.2, -0.15) is 0 Å². The summed E-state index contributed by atoms with van der Waals surface area (Å²) >= 11 is 0. The third kappa shape index (κ3) is 6.25. The number of hydrogen-bond acceptors (Lipinski definition) is 3. The van der Waals surface area contributed by atoms with Gasteiger partial charge in [0.2, 0.25) is 0 Å². The van der Waals surface area contributed by atoms with Gasteiger partial charge in [0.25, 0.3) is 0 Å². The van der Waals surface area contributed by atoms with Crippen LogP contribution in [0.1, 0.15) is 38.8 Å². The molecule has 1 rings (SSSR count). The number of carbonyl (C=O) groups excluding carboxylic acids is 1. The molecule has 0 aliphatic carbocycles. The average Bonchev–Trinajstić information content (AvgIpc) is 2.46. The monoisotopic (exact) mass is 348 g/mol. The summed E-state index contributed by atoms with van der Waals surface area (Å²) in [5.74, 6) is -0.279. The van der Waals surface area contributed by atoms with Crippen LogP contribution in [-0.2, 0) is 26.8 Å². The fourth-order valence-corrected chi connectivity index (χ4v) is 3.28. The summed E-state index contributed by atoms with van der Waals surface area (Å²) in [5, 5.41) is 0.218. The third-order valence-corrected chi connectivity index (χ3v) is 9.30. The smallest absolute Gasteiger partial charge is 0.303 e. The van der Waals surface area contributed by atoms with Crippen molar-refractivity contribution in [1.82, 2.24) is 0 Å². The van der Waals surface area contributed by atoms with Crippen molar-refractivity contribution in [2.24, 2.45) is 0 Å². The third-order valence-electron chi connectivity index (χ3n) is 4.76. The molecule has 1 aromatic carbocycles. The number of benzene rings is 1. The molecule has 1 aromatic rings. The number of ether oxygens (including phenoxy) is 1. The molecule has 0 radical (unpaired) electrons. The zero-order chi connectivity index (χ0) is 18.4. The normalized spacial score (nSPS) is 13.4. The van der Waals surface area contributed by atoms with Gasteiger partial charge in [0.15, 0.2) is 8.32 Å². The van der Waals surface area contributed by atoms with Crippen molar-refractivity contribution in [1.29, 1.82) is 0 Å². The Labute approximate surface area is 148 Å². The second kappa shape index (κ2) is 8.63. The summed E-state index contributed by atoms with van der Waals surface area (Å²) in [4.78, 5) is 11.2. The Morgan fingerprint density at radius 1 is 1.25 bits per heavy atom. The Kier molecular flexibility index (Phi) is 7.43. The first kappa shape index (κ1) is 20.7. The van der Waals surface area contributed by atoms with Crippen molar-refractivity contribution < 1.29 is 14.0 Å². The van der Waals surface area contributed by atoms with E-state index in [4.69, 9.17) is 9.16 Å². The molecule has 1 unspecified atom stereocenters. The topological polar surface area (TPSA) is 35.5 Å². The first-order chi connectivity index (χ1) is 11.1. The molecule has 134 valence electrons. The highest BCUT2D eigenvalue weighted by atomic mass is 28.4. The lowest BCUT2D eigenvalue weighted by Gasteiger charge is -2.36. The Bertz CT molecular complexity index is 558. The van der Waals surface area contributed by atoms with E-state index in [0.29, 0.717) is 6.42 Å². The van der Waals surface area contributed by atoms with Gasteiger partial charge in [-0.1, -0.05) is 57.7 Å². The van der Waals surface area contributed by atoms with E-state index < -0.39 is 8.32 Å². The quantitative estimate of drug-likeness (QED) is 0.380. The maximum Gasteiger partial charge on any atom is 0.303 e. The largest absolute Gasteiger partial charge is 0.458 e. The lowest BCUT2D eigenvalue weighted by molar-refractivity contribution is -0.144. The van der Waals surface area contributed by atoms with E-state index in [1.807, 2.05) is 12.1 Å². The number of esters is 1. The average molecular weight is 349 g/mol. The second-order valence-corrected chi connectivity index (χ2v) is 12.5. The summed E-state index contributed by atoms with van der Waals surface area (Å²) < 4.78 is 11.6. The van der Waals surface area contributed by atoms with E-state index in [9.17, 15) is 4.79 Å². The molecule has 0 fully saturated rings. The predicted octanol–water partition coefficient (Wildman–Crippen LogP) is 4.91. The Balaban J connectivity index is 2.73. The minimum absolute atomic E-state index is 0.218. The van der Waals surface area contributed by atoms with Crippen molar-refractivity contribution in [3.05, 3.63) is 48.0 Å².